The molecule has 1 aromatic carbocycles. The summed E-state index contributed by atoms with van der Waals surface area (Å²) in [5.41, 5.74) is 0.135. The number of aromatic nitrogens is 2. The average molecular weight is 317 g/mol. The van der Waals surface area contributed by atoms with Gasteiger partial charge < -0.3 is 10.2 Å². The first-order valence-corrected chi connectivity index (χ1v) is 8.10. The third-order valence-electron chi connectivity index (χ3n) is 5.17. The fraction of sp³-hybridized carbons (Fsp3) is 0.556. The molecule has 2 saturated heterocycles. The number of benzene rings is 1. The van der Waals surface area contributed by atoms with Gasteiger partial charge in [-0.3, -0.25) is 9.48 Å². The van der Waals surface area contributed by atoms with E-state index in [0.717, 1.165) is 19.3 Å². The molecule has 2 fully saturated rings. The lowest BCUT2D eigenvalue weighted by molar-refractivity contribution is 0.0462. The lowest BCUT2D eigenvalue weighted by atomic mass is 9.82. The molecule has 0 spiro atoms. The summed E-state index contributed by atoms with van der Waals surface area (Å²) >= 11 is 0. The lowest BCUT2D eigenvalue weighted by Gasteiger charge is -2.47. The van der Waals surface area contributed by atoms with Crippen LogP contribution in [-0.4, -0.2) is 45.7 Å². The molecule has 4 rings (SSSR count). The summed E-state index contributed by atoms with van der Waals surface area (Å²) < 4.78 is 42.2. The van der Waals surface area contributed by atoms with Crippen molar-refractivity contribution in [3.63, 3.8) is 0 Å². The molecule has 0 radical (unpaired) electrons. The number of carbonyl (C=O) groups is 1. The molecule has 2 aliphatic heterocycles. The fourth-order valence-corrected chi connectivity index (χ4v) is 3.89. The second-order valence-electron chi connectivity index (χ2n) is 6.57. The van der Waals surface area contributed by atoms with Crippen molar-refractivity contribution in [2.75, 3.05) is 7.05 Å². The van der Waals surface area contributed by atoms with Crippen LogP contribution in [0.5, 0.6) is 0 Å². The highest BCUT2D eigenvalue weighted by atomic mass is 16.2. The number of nitrogens with one attached hydrogen (secondary N) is 1. The van der Waals surface area contributed by atoms with Gasteiger partial charge in [0.1, 0.15) is 0 Å². The normalized spacial score (nSPS) is 34.3. The van der Waals surface area contributed by atoms with Crippen LogP contribution in [0.15, 0.2) is 24.2 Å². The topological polar surface area (TPSA) is 50.2 Å². The van der Waals surface area contributed by atoms with Crippen molar-refractivity contribution in [2.24, 2.45) is 7.05 Å². The molecule has 1 N–H and O–H groups in total. The van der Waals surface area contributed by atoms with E-state index in [-0.39, 0.29) is 46.8 Å². The zero-order valence-electron chi connectivity index (χ0n) is 18.4. The highest BCUT2D eigenvalue weighted by Gasteiger charge is 2.36. The predicted octanol–water partition coefficient (Wildman–Crippen LogP) is 2.32. The monoisotopic (exact) mass is 317 g/mol. The number of fused-ring (bicyclic) bond motifs is 3. The van der Waals surface area contributed by atoms with Gasteiger partial charge in [-0.05, 0) is 38.8 Å². The van der Waals surface area contributed by atoms with Gasteiger partial charge in [-0.1, -0.05) is 24.5 Å². The smallest absolute Gasteiger partial charge is 0.272 e. The van der Waals surface area contributed by atoms with Crippen LogP contribution in [-0.2, 0) is 7.05 Å². The minimum absolute atomic E-state index is 0.0554. The third-order valence-corrected chi connectivity index (χ3v) is 5.17. The highest BCUT2D eigenvalue weighted by Crippen LogP contribution is 2.32. The number of rotatable bonds is 2. The van der Waals surface area contributed by atoms with Crippen LogP contribution in [0.25, 0.3) is 10.9 Å². The number of nitrogens with zero attached hydrogens (tertiary/aromatic N) is 3. The first kappa shape index (κ1) is 10.1. The summed E-state index contributed by atoms with van der Waals surface area (Å²) in [6, 6.07) is -1.82. The Morgan fingerprint density at radius 2 is 2.00 bits per heavy atom. The largest absolute Gasteiger partial charge is 0.348 e. The van der Waals surface area contributed by atoms with E-state index in [9.17, 15) is 4.79 Å². The van der Waals surface area contributed by atoms with Crippen molar-refractivity contribution < 1.29 is 11.6 Å². The van der Waals surface area contributed by atoms with Gasteiger partial charge in [-0.15, -0.1) is 0 Å². The number of hydrogen-bond donors (Lipinski definition) is 1. The minimum atomic E-state index is -1.10. The van der Waals surface area contributed by atoms with Crippen LogP contribution in [0.1, 0.15) is 49.4 Å². The lowest BCUT2D eigenvalue weighted by Crippen LogP contribution is -2.55. The Labute approximate surface area is 143 Å². The minimum Gasteiger partial charge on any atom is -0.348 e. The van der Waals surface area contributed by atoms with Crippen LogP contribution in [0, 0.1) is 0 Å². The van der Waals surface area contributed by atoms with Gasteiger partial charge in [-0.25, -0.2) is 0 Å². The molecule has 1 aromatic heterocycles. The Bertz CT molecular complexity index is 961. The van der Waals surface area contributed by atoms with Gasteiger partial charge in [-0.2, -0.15) is 5.10 Å². The Kier molecular flexibility index (Phi) is 2.47. The number of para-hydroxylation sites is 1. The standard InChI is InChI=1S/C18H24N4O/c1-21-13-6-5-7-14(21)11-12(10-13)19-18(23)17-15-8-3-4-9-16(15)22(2)20-17/h3-4,8-9,12-14H,5-7,10-11H2,1-2H3,(H,19,23)/i3D,4D,8D,9D,12D. The molecule has 5 nitrogen and oxygen atoms in total. The molecule has 3 heterocycles. The van der Waals surface area contributed by atoms with Crippen molar-refractivity contribution in [1.29, 1.82) is 0 Å². The van der Waals surface area contributed by atoms with Crippen molar-refractivity contribution in [3.8, 4) is 0 Å². The van der Waals surface area contributed by atoms with Gasteiger partial charge >= 0.3 is 0 Å². The Balaban J connectivity index is 1.70. The SMILES string of the molecule is [2H]c1c([2H])c([2H])c2c(c(C(=O)NC3([2H])CC4CCCC(C3)N4C)nn2C)c1[2H]. The second-order valence-corrected chi connectivity index (χ2v) is 6.57. The zero-order chi connectivity index (χ0) is 20.4. The molecule has 5 heteroatoms. The number of piperidine rings is 2. The molecule has 2 aliphatic rings. The van der Waals surface area contributed by atoms with E-state index in [1.54, 1.807) is 7.05 Å². The van der Waals surface area contributed by atoms with Crippen LogP contribution in [0.3, 0.4) is 0 Å². The third kappa shape index (κ3) is 2.53. The maximum Gasteiger partial charge on any atom is 0.272 e. The van der Waals surface area contributed by atoms with Crippen molar-refractivity contribution in [1.82, 2.24) is 20.0 Å². The van der Waals surface area contributed by atoms with E-state index in [2.05, 4.69) is 22.4 Å². The van der Waals surface area contributed by atoms with E-state index >= 15 is 0 Å². The van der Waals surface area contributed by atoms with E-state index in [4.69, 9.17) is 6.85 Å². The van der Waals surface area contributed by atoms with Crippen LogP contribution < -0.4 is 5.32 Å². The molecule has 0 aliphatic carbocycles. The number of amides is 1. The molecule has 2 aromatic rings. The zero-order valence-corrected chi connectivity index (χ0v) is 13.4. The van der Waals surface area contributed by atoms with Crippen LogP contribution >= 0.6 is 0 Å². The summed E-state index contributed by atoms with van der Waals surface area (Å²) in [7, 11) is 3.63. The highest BCUT2D eigenvalue weighted by molar-refractivity contribution is 6.04. The van der Waals surface area contributed by atoms with E-state index < -0.39 is 18.0 Å². The summed E-state index contributed by atoms with van der Waals surface area (Å²) in [6.45, 7) is 0. The van der Waals surface area contributed by atoms with Gasteiger partial charge in [0.2, 0.25) is 0 Å². The molecule has 122 valence electrons. The molecule has 1 amide bonds. The van der Waals surface area contributed by atoms with Gasteiger partial charge in [0.05, 0.1) is 12.4 Å². The first-order chi connectivity index (χ1) is 13.1. The van der Waals surface area contributed by atoms with E-state index in [1.165, 1.54) is 4.68 Å². The molecule has 2 unspecified atom stereocenters. The van der Waals surface area contributed by atoms with Crippen molar-refractivity contribution in [3.05, 3.63) is 29.9 Å². The number of carbonyl (C=O) groups excluding carboxylic acids is 1. The van der Waals surface area contributed by atoms with Crippen LogP contribution in [0.4, 0.5) is 0 Å². The van der Waals surface area contributed by atoms with Gasteiger partial charge in [0.25, 0.3) is 5.91 Å². The van der Waals surface area contributed by atoms with Gasteiger partial charge in [0.15, 0.2) is 5.69 Å². The Morgan fingerprint density at radius 1 is 1.30 bits per heavy atom. The maximum atomic E-state index is 13.0. The van der Waals surface area contributed by atoms with Crippen molar-refractivity contribution >= 4 is 16.8 Å². The Morgan fingerprint density at radius 3 is 2.74 bits per heavy atom. The molecule has 2 atom stereocenters. The predicted molar refractivity (Wildman–Crippen MR) is 90.4 cm³/mol. The van der Waals surface area contributed by atoms with E-state index in [1.807, 2.05) is 0 Å². The summed E-state index contributed by atoms with van der Waals surface area (Å²) in [5, 5.41) is 7.10. The molecule has 2 bridgehead atoms. The average Bonchev–Trinajstić information content (AvgIpc) is 2.97. The van der Waals surface area contributed by atoms with Gasteiger partial charge in [0, 0.05) is 30.5 Å². The summed E-state index contributed by atoms with van der Waals surface area (Å²) in [4.78, 5) is 15.3. The maximum absolute atomic E-state index is 13.0. The molecule has 0 saturated carbocycles. The molecular weight excluding hydrogens is 288 g/mol. The number of aryl methyl sites for hydroxylation is 1. The summed E-state index contributed by atoms with van der Waals surface area (Å²) in [6.07, 6.45) is 4.25. The molecular formula is C18H24N4O. The quantitative estimate of drug-likeness (QED) is 0.925. The Hall–Kier alpha value is -1.88. The second kappa shape index (κ2) is 5.64. The van der Waals surface area contributed by atoms with Crippen LogP contribution in [0.2, 0.25) is 0 Å². The van der Waals surface area contributed by atoms with E-state index in [0.29, 0.717) is 12.8 Å². The summed E-state index contributed by atoms with van der Waals surface area (Å²) in [5.74, 6) is -0.562. The fourth-order valence-electron chi connectivity index (χ4n) is 3.89. The van der Waals surface area contributed by atoms with Crippen molar-refractivity contribution in [2.45, 2.75) is 50.2 Å². The first-order valence-electron chi connectivity index (χ1n) is 10.6. The molecule has 23 heavy (non-hydrogen) atoms. The number of hydrogen-bond acceptors (Lipinski definition) is 3.